The van der Waals surface area contributed by atoms with Crippen molar-refractivity contribution in [1.29, 1.82) is 0 Å². The van der Waals surface area contributed by atoms with Crippen LogP contribution >= 0.6 is 11.3 Å². The van der Waals surface area contributed by atoms with Crippen molar-refractivity contribution in [2.75, 3.05) is 0 Å². The molecule has 304 valence electrons. The third kappa shape index (κ3) is 5.78. The zero-order valence-electron chi connectivity index (χ0n) is 35.0. The smallest absolute Gasteiger partial charge is 0.164 e. The molecule has 3 aromatic heterocycles. The molecule has 0 saturated carbocycles. The maximum atomic E-state index is 5.48. The summed E-state index contributed by atoms with van der Waals surface area (Å²) in [4.78, 5) is 21.3. The van der Waals surface area contributed by atoms with Crippen molar-refractivity contribution >= 4 is 42.5 Å². The van der Waals surface area contributed by atoms with Gasteiger partial charge in [-0.15, -0.1) is 11.3 Å². The topological polar surface area (TPSA) is 56.5 Å². The first kappa shape index (κ1) is 37.3. The molecule has 0 aliphatic heterocycles. The molecule has 9 aromatic carbocycles. The van der Waals surface area contributed by atoms with Crippen molar-refractivity contribution in [3.05, 3.63) is 247 Å². The lowest BCUT2D eigenvalue weighted by Crippen LogP contribution is -2.28. The molecule has 0 bridgehead atoms. The molecule has 13 rings (SSSR count). The van der Waals surface area contributed by atoms with E-state index in [-0.39, 0.29) is 0 Å². The van der Waals surface area contributed by atoms with Gasteiger partial charge in [-0.2, -0.15) is 0 Å². The minimum atomic E-state index is -0.548. The third-order valence-electron chi connectivity index (χ3n) is 13.0. The van der Waals surface area contributed by atoms with Crippen molar-refractivity contribution in [3.63, 3.8) is 0 Å². The van der Waals surface area contributed by atoms with Crippen molar-refractivity contribution in [2.24, 2.45) is 0 Å². The molecule has 0 fully saturated rings. The maximum Gasteiger partial charge on any atom is 0.164 e. The van der Waals surface area contributed by atoms with E-state index in [9.17, 15) is 0 Å². The van der Waals surface area contributed by atoms with E-state index >= 15 is 0 Å². The van der Waals surface area contributed by atoms with Crippen LogP contribution in [-0.4, -0.2) is 24.5 Å². The lowest BCUT2D eigenvalue weighted by Gasteiger charge is -2.33. The number of rotatable bonds is 7. The van der Waals surface area contributed by atoms with Crippen LogP contribution in [0.4, 0.5) is 0 Å². The molecule has 0 unspecified atom stereocenters. The largest absolute Gasteiger partial charge is 0.292 e. The van der Waals surface area contributed by atoms with Gasteiger partial charge in [-0.25, -0.2) is 19.9 Å². The molecule has 0 spiro atoms. The van der Waals surface area contributed by atoms with Crippen LogP contribution in [0.5, 0.6) is 0 Å². The van der Waals surface area contributed by atoms with Crippen molar-refractivity contribution < 1.29 is 0 Å². The molecule has 12 aromatic rings. The molecule has 0 amide bonds. The molecule has 0 saturated heterocycles. The van der Waals surface area contributed by atoms with Crippen LogP contribution < -0.4 is 0 Å². The van der Waals surface area contributed by atoms with E-state index in [1.54, 1.807) is 11.3 Å². The number of benzene rings is 9. The summed E-state index contributed by atoms with van der Waals surface area (Å²) < 4.78 is 4.60. The van der Waals surface area contributed by atoms with Gasteiger partial charge in [-0.05, 0) is 69.8 Å². The second kappa shape index (κ2) is 14.9. The molecule has 0 atom stereocenters. The van der Waals surface area contributed by atoms with Crippen LogP contribution in [0.1, 0.15) is 22.3 Å². The van der Waals surface area contributed by atoms with Crippen LogP contribution in [0.25, 0.3) is 93.6 Å². The van der Waals surface area contributed by atoms with E-state index in [1.165, 1.54) is 37.2 Å². The summed E-state index contributed by atoms with van der Waals surface area (Å²) in [5, 5.41) is 2.28. The fraction of sp³-hybridized carbons (Fsp3) is 0.0169. The second-order valence-electron chi connectivity index (χ2n) is 16.5. The first-order chi connectivity index (χ1) is 32.2. The maximum absolute atomic E-state index is 5.48. The number of fused-ring (bicyclic) bond motifs is 7. The summed E-state index contributed by atoms with van der Waals surface area (Å²) in [5.41, 5.74) is 13.7. The van der Waals surface area contributed by atoms with Crippen LogP contribution in [0.15, 0.2) is 224 Å². The second-order valence-corrected chi connectivity index (χ2v) is 17.6. The van der Waals surface area contributed by atoms with E-state index < -0.39 is 5.41 Å². The Labute approximate surface area is 379 Å². The number of imidazole rings is 1. The van der Waals surface area contributed by atoms with Gasteiger partial charge in [-0.1, -0.05) is 188 Å². The van der Waals surface area contributed by atoms with Crippen LogP contribution in [-0.2, 0) is 5.41 Å². The highest BCUT2D eigenvalue weighted by Gasteiger charge is 2.47. The number of hydrogen-bond acceptors (Lipinski definition) is 5. The Morgan fingerprint density at radius 1 is 0.400 bits per heavy atom. The predicted molar refractivity (Wildman–Crippen MR) is 266 cm³/mol. The van der Waals surface area contributed by atoms with Gasteiger partial charge in [0.1, 0.15) is 5.82 Å². The van der Waals surface area contributed by atoms with Gasteiger partial charge >= 0.3 is 0 Å². The summed E-state index contributed by atoms with van der Waals surface area (Å²) >= 11 is 1.78. The Kier molecular flexibility index (Phi) is 8.54. The highest BCUT2D eigenvalue weighted by molar-refractivity contribution is 7.26. The molecule has 1 aliphatic carbocycles. The Morgan fingerprint density at radius 3 is 1.75 bits per heavy atom. The van der Waals surface area contributed by atoms with E-state index in [0.29, 0.717) is 17.5 Å². The molecule has 5 nitrogen and oxygen atoms in total. The first-order valence-electron chi connectivity index (χ1n) is 21.9. The Hall–Kier alpha value is -8.32. The van der Waals surface area contributed by atoms with Gasteiger partial charge in [0.25, 0.3) is 0 Å². The number of aromatic nitrogens is 5. The van der Waals surface area contributed by atoms with Gasteiger partial charge in [0.05, 0.1) is 16.4 Å². The van der Waals surface area contributed by atoms with E-state index in [1.807, 2.05) is 24.3 Å². The van der Waals surface area contributed by atoms with Crippen LogP contribution in [0.3, 0.4) is 0 Å². The standard InChI is InChI=1S/C59H37N5S/c1-5-19-38(20-6-1)55-61-56(45-28-17-31-48-53(45)43-27-13-14-30-47(43)59(48,40-21-7-2-8-22-40)41-23-9-3-10-24-41)63-57(62-55)46-29-18-34-51-54(46)44-36-35-39(37-52(44)65-51)58-60-49-32-15-16-33-50(49)64(58)42-25-11-4-12-26-42/h1-37H. The minimum absolute atomic E-state index is 0.548. The molecule has 1 aliphatic rings. The van der Waals surface area contributed by atoms with Gasteiger partial charge in [0, 0.05) is 48.1 Å². The SMILES string of the molecule is c1ccc(-c2nc(-c3cccc4c3-c3ccccc3C4(c3ccccc3)c3ccccc3)nc(-c3cccc4sc5cc(-c6nc7ccccc7n6-c6ccccc6)ccc5c34)n2)cc1. The van der Waals surface area contributed by atoms with E-state index in [4.69, 9.17) is 19.9 Å². The summed E-state index contributed by atoms with van der Waals surface area (Å²) in [6.07, 6.45) is 0. The summed E-state index contributed by atoms with van der Waals surface area (Å²) in [6, 6.07) is 79.6. The predicted octanol–water partition coefficient (Wildman–Crippen LogP) is 14.6. The molecule has 0 N–H and O–H groups in total. The van der Waals surface area contributed by atoms with Gasteiger partial charge in [0.15, 0.2) is 17.5 Å². The third-order valence-corrected chi connectivity index (χ3v) is 14.1. The highest BCUT2D eigenvalue weighted by Crippen LogP contribution is 2.58. The fourth-order valence-electron chi connectivity index (χ4n) is 10.2. The van der Waals surface area contributed by atoms with Gasteiger partial charge < -0.3 is 0 Å². The molecular formula is C59H37N5S. The van der Waals surface area contributed by atoms with E-state index in [2.05, 4.69) is 205 Å². The first-order valence-corrected chi connectivity index (χ1v) is 22.7. The average molecular weight is 848 g/mol. The molecule has 6 heteroatoms. The van der Waals surface area contributed by atoms with Gasteiger partial charge in [-0.3, -0.25) is 4.57 Å². The quantitative estimate of drug-likeness (QED) is 0.160. The van der Waals surface area contributed by atoms with Crippen molar-refractivity contribution in [2.45, 2.75) is 5.41 Å². The monoisotopic (exact) mass is 847 g/mol. The number of para-hydroxylation sites is 3. The summed E-state index contributed by atoms with van der Waals surface area (Å²) in [7, 11) is 0. The lowest BCUT2D eigenvalue weighted by atomic mass is 9.67. The molecule has 0 radical (unpaired) electrons. The highest BCUT2D eigenvalue weighted by atomic mass is 32.1. The Balaban J connectivity index is 1.02. The molecular weight excluding hydrogens is 811 g/mol. The molecule has 3 heterocycles. The number of nitrogens with zero attached hydrogens (tertiary/aromatic N) is 5. The molecule has 65 heavy (non-hydrogen) atoms. The van der Waals surface area contributed by atoms with Crippen molar-refractivity contribution in [3.8, 4) is 62.4 Å². The lowest BCUT2D eigenvalue weighted by molar-refractivity contribution is 0.768. The van der Waals surface area contributed by atoms with Crippen molar-refractivity contribution in [1.82, 2.24) is 24.5 Å². The number of hydrogen-bond donors (Lipinski definition) is 0. The van der Waals surface area contributed by atoms with Crippen LogP contribution in [0, 0.1) is 0 Å². The minimum Gasteiger partial charge on any atom is -0.292 e. The zero-order valence-corrected chi connectivity index (χ0v) is 35.8. The van der Waals surface area contributed by atoms with E-state index in [0.717, 1.165) is 61.1 Å². The average Bonchev–Trinajstić information content (AvgIpc) is 4.06. The van der Waals surface area contributed by atoms with Crippen LogP contribution in [0.2, 0.25) is 0 Å². The number of thiophene rings is 1. The summed E-state index contributed by atoms with van der Waals surface area (Å²) in [6.45, 7) is 0. The summed E-state index contributed by atoms with van der Waals surface area (Å²) in [5.74, 6) is 2.81. The Morgan fingerprint density at radius 2 is 0.985 bits per heavy atom. The Bertz CT molecular complexity index is 3730. The zero-order chi connectivity index (χ0) is 42.9. The fourth-order valence-corrected chi connectivity index (χ4v) is 11.4. The van der Waals surface area contributed by atoms with Gasteiger partial charge in [0.2, 0.25) is 0 Å². The normalized spacial score (nSPS) is 12.7.